The number of aromatic carboxylic acids is 1. The standard InChI is InChI=1S/C20H20N4O3/c1-3-27-17-10-5-4-9-16(17)24-19-12-18(21-13(2)22-19)23-15-8-6-7-14(11-15)20(25)26/h4-12H,3H2,1-2H3,(H,25,26)(H2,21,22,23,24). The number of anilines is 4. The average molecular weight is 364 g/mol. The number of aryl methyl sites for hydroxylation is 1. The molecule has 138 valence electrons. The maximum atomic E-state index is 11.1. The van der Waals surface area contributed by atoms with E-state index in [-0.39, 0.29) is 5.56 Å². The Balaban J connectivity index is 1.85. The lowest BCUT2D eigenvalue weighted by molar-refractivity contribution is 0.0697. The van der Waals surface area contributed by atoms with Crippen LogP contribution in [0.25, 0.3) is 0 Å². The van der Waals surface area contributed by atoms with Gasteiger partial charge in [0.1, 0.15) is 23.2 Å². The molecule has 0 aliphatic carbocycles. The number of aromatic nitrogens is 2. The SMILES string of the molecule is CCOc1ccccc1Nc1cc(Nc2cccc(C(=O)O)c2)nc(C)n1. The fraction of sp³-hybridized carbons (Fsp3) is 0.150. The normalized spacial score (nSPS) is 10.3. The van der Waals surface area contributed by atoms with Gasteiger partial charge in [0.2, 0.25) is 0 Å². The zero-order valence-corrected chi connectivity index (χ0v) is 15.1. The predicted octanol–water partition coefficient (Wildman–Crippen LogP) is 4.37. The third-order valence-electron chi connectivity index (χ3n) is 3.67. The molecule has 0 unspecified atom stereocenters. The Morgan fingerprint density at radius 3 is 2.52 bits per heavy atom. The number of nitrogens with one attached hydrogen (secondary N) is 2. The van der Waals surface area contributed by atoms with Crippen LogP contribution in [0.2, 0.25) is 0 Å². The van der Waals surface area contributed by atoms with E-state index in [1.54, 1.807) is 31.2 Å². The third-order valence-corrected chi connectivity index (χ3v) is 3.67. The highest BCUT2D eigenvalue weighted by Gasteiger charge is 2.08. The topological polar surface area (TPSA) is 96.4 Å². The van der Waals surface area contributed by atoms with Gasteiger partial charge in [0.05, 0.1) is 17.9 Å². The lowest BCUT2D eigenvalue weighted by Gasteiger charge is -2.13. The molecule has 2 aromatic carbocycles. The van der Waals surface area contributed by atoms with Crippen molar-refractivity contribution >= 4 is 29.0 Å². The highest BCUT2D eigenvalue weighted by atomic mass is 16.5. The number of carboxylic acid groups (broad SMARTS) is 1. The second-order valence-corrected chi connectivity index (χ2v) is 5.75. The molecule has 3 aromatic rings. The van der Waals surface area contributed by atoms with Gasteiger partial charge in [-0.25, -0.2) is 14.8 Å². The first-order valence-electron chi connectivity index (χ1n) is 8.50. The molecule has 0 fully saturated rings. The first kappa shape index (κ1) is 18.2. The number of carbonyl (C=O) groups is 1. The fourth-order valence-corrected chi connectivity index (χ4v) is 2.56. The number of hydrogen-bond acceptors (Lipinski definition) is 6. The van der Waals surface area contributed by atoms with Gasteiger partial charge in [-0.3, -0.25) is 0 Å². The van der Waals surface area contributed by atoms with Crippen molar-refractivity contribution in [1.29, 1.82) is 0 Å². The van der Waals surface area contributed by atoms with Crippen molar-refractivity contribution in [3.63, 3.8) is 0 Å². The summed E-state index contributed by atoms with van der Waals surface area (Å²) in [6.45, 7) is 4.28. The summed E-state index contributed by atoms with van der Waals surface area (Å²) in [5.74, 6) is 1.49. The van der Waals surface area contributed by atoms with Gasteiger partial charge in [-0.15, -0.1) is 0 Å². The molecule has 0 aliphatic rings. The van der Waals surface area contributed by atoms with E-state index < -0.39 is 5.97 Å². The van der Waals surface area contributed by atoms with Crippen LogP contribution in [0.5, 0.6) is 5.75 Å². The highest BCUT2D eigenvalue weighted by molar-refractivity contribution is 5.89. The third kappa shape index (κ3) is 4.72. The first-order valence-corrected chi connectivity index (χ1v) is 8.50. The van der Waals surface area contributed by atoms with Crippen LogP contribution < -0.4 is 15.4 Å². The maximum Gasteiger partial charge on any atom is 0.335 e. The largest absolute Gasteiger partial charge is 0.492 e. The smallest absolute Gasteiger partial charge is 0.335 e. The van der Waals surface area contributed by atoms with Crippen molar-refractivity contribution in [2.75, 3.05) is 17.2 Å². The molecule has 7 nitrogen and oxygen atoms in total. The molecule has 0 aliphatic heterocycles. The number of nitrogens with zero attached hydrogens (tertiary/aromatic N) is 2. The quantitative estimate of drug-likeness (QED) is 0.573. The molecule has 0 spiro atoms. The zero-order valence-electron chi connectivity index (χ0n) is 15.1. The summed E-state index contributed by atoms with van der Waals surface area (Å²) in [5, 5.41) is 15.5. The Labute approximate surface area is 157 Å². The molecule has 0 saturated heterocycles. The molecule has 3 N–H and O–H groups in total. The van der Waals surface area contributed by atoms with Crippen LogP contribution in [0.1, 0.15) is 23.1 Å². The minimum atomic E-state index is -0.979. The molecule has 0 radical (unpaired) electrons. The maximum absolute atomic E-state index is 11.1. The highest BCUT2D eigenvalue weighted by Crippen LogP contribution is 2.28. The summed E-state index contributed by atoms with van der Waals surface area (Å²) in [6, 6.07) is 15.9. The Morgan fingerprint density at radius 1 is 1.04 bits per heavy atom. The van der Waals surface area contributed by atoms with Crippen LogP contribution >= 0.6 is 0 Å². The summed E-state index contributed by atoms with van der Waals surface area (Å²) in [5.41, 5.74) is 1.64. The van der Waals surface area contributed by atoms with Crippen molar-refractivity contribution in [3.05, 3.63) is 66.0 Å². The summed E-state index contributed by atoms with van der Waals surface area (Å²) >= 11 is 0. The van der Waals surface area contributed by atoms with Gasteiger partial charge in [0.25, 0.3) is 0 Å². The van der Waals surface area contributed by atoms with E-state index in [2.05, 4.69) is 20.6 Å². The average Bonchev–Trinajstić information content (AvgIpc) is 2.63. The number of rotatable bonds is 7. The van der Waals surface area contributed by atoms with Gasteiger partial charge < -0.3 is 20.5 Å². The van der Waals surface area contributed by atoms with Gasteiger partial charge in [-0.1, -0.05) is 18.2 Å². The van der Waals surface area contributed by atoms with E-state index in [9.17, 15) is 4.79 Å². The number of carboxylic acids is 1. The fourth-order valence-electron chi connectivity index (χ4n) is 2.56. The number of benzene rings is 2. The van der Waals surface area contributed by atoms with Crippen molar-refractivity contribution in [3.8, 4) is 5.75 Å². The van der Waals surface area contributed by atoms with E-state index in [0.29, 0.717) is 29.8 Å². The van der Waals surface area contributed by atoms with Gasteiger partial charge in [0, 0.05) is 11.8 Å². The van der Waals surface area contributed by atoms with Gasteiger partial charge >= 0.3 is 5.97 Å². The molecule has 1 heterocycles. The van der Waals surface area contributed by atoms with E-state index in [0.717, 1.165) is 11.4 Å². The lowest BCUT2D eigenvalue weighted by atomic mass is 10.2. The zero-order chi connectivity index (χ0) is 19.2. The van der Waals surface area contributed by atoms with Crippen molar-refractivity contribution < 1.29 is 14.6 Å². The minimum absolute atomic E-state index is 0.203. The molecular formula is C20H20N4O3. The van der Waals surface area contributed by atoms with Crippen LogP contribution in [0.3, 0.4) is 0 Å². The Morgan fingerprint density at radius 2 is 1.78 bits per heavy atom. The molecule has 0 bridgehead atoms. The summed E-state index contributed by atoms with van der Waals surface area (Å²) in [7, 11) is 0. The van der Waals surface area contributed by atoms with Crippen LogP contribution in [0.15, 0.2) is 54.6 Å². The Bertz CT molecular complexity index is 959. The molecule has 0 amide bonds. The summed E-state index contributed by atoms with van der Waals surface area (Å²) in [6.07, 6.45) is 0. The minimum Gasteiger partial charge on any atom is -0.492 e. The first-order chi connectivity index (χ1) is 13.0. The molecule has 1 aromatic heterocycles. The second kappa shape index (κ2) is 8.18. The van der Waals surface area contributed by atoms with E-state index in [1.165, 1.54) is 6.07 Å². The summed E-state index contributed by atoms with van der Waals surface area (Å²) < 4.78 is 5.62. The lowest BCUT2D eigenvalue weighted by Crippen LogP contribution is -2.03. The van der Waals surface area contributed by atoms with E-state index >= 15 is 0 Å². The molecule has 0 saturated carbocycles. The van der Waals surface area contributed by atoms with E-state index in [1.807, 2.05) is 31.2 Å². The monoisotopic (exact) mass is 364 g/mol. The number of hydrogen-bond donors (Lipinski definition) is 3. The van der Waals surface area contributed by atoms with Crippen LogP contribution in [-0.4, -0.2) is 27.7 Å². The summed E-state index contributed by atoms with van der Waals surface area (Å²) in [4.78, 5) is 19.9. The molecular weight excluding hydrogens is 344 g/mol. The second-order valence-electron chi connectivity index (χ2n) is 5.75. The number of ether oxygens (including phenoxy) is 1. The van der Waals surface area contributed by atoms with E-state index in [4.69, 9.17) is 9.84 Å². The molecule has 27 heavy (non-hydrogen) atoms. The molecule has 0 atom stereocenters. The number of para-hydroxylation sites is 2. The van der Waals surface area contributed by atoms with Crippen LogP contribution in [0, 0.1) is 6.92 Å². The van der Waals surface area contributed by atoms with Gasteiger partial charge in [-0.2, -0.15) is 0 Å². The van der Waals surface area contributed by atoms with Crippen molar-refractivity contribution in [1.82, 2.24) is 9.97 Å². The van der Waals surface area contributed by atoms with Gasteiger partial charge in [0.15, 0.2) is 0 Å². The van der Waals surface area contributed by atoms with Crippen LogP contribution in [0.4, 0.5) is 23.0 Å². The van der Waals surface area contributed by atoms with Crippen molar-refractivity contribution in [2.45, 2.75) is 13.8 Å². The molecule has 3 rings (SSSR count). The van der Waals surface area contributed by atoms with Crippen molar-refractivity contribution in [2.24, 2.45) is 0 Å². The Hall–Kier alpha value is -3.61. The Kier molecular flexibility index (Phi) is 5.51. The van der Waals surface area contributed by atoms with Crippen LogP contribution in [-0.2, 0) is 0 Å². The predicted molar refractivity (Wildman–Crippen MR) is 104 cm³/mol. The molecule has 7 heteroatoms. The van der Waals surface area contributed by atoms with Gasteiger partial charge in [-0.05, 0) is 44.2 Å².